The highest BCUT2D eigenvalue weighted by atomic mass is 35.5. The van der Waals surface area contributed by atoms with Crippen molar-refractivity contribution in [3.8, 4) is 0 Å². The summed E-state index contributed by atoms with van der Waals surface area (Å²) in [5.74, 6) is -0.944. The van der Waals surface area contributed by atoms with Crippen LogP contribution in [0.4, 0.5) is 4.39 Å². The number of fused-ring (bicyclic) bond motifs is 1. The van der Waals surface area contributed by atoms with Crippen LogP contribution in [0.15, 0.2) is 52.2 Å². The molecule has 0 N–H and O–H groups in total. The number of hydrogen-bond donors (Lipinski definition) is 0. The summed E-state index contributed by atoms with van der Waals surface area (Å²) >= 11 is 5.74. The van der Waals surface area contributed by atoms with Gasteiger partial charge in [-0.3, -0.25) is 13.9 Å². The molecule has 1 amide bonds. The smallest absolute Gasteiger partial charge is 0.329 e. The van der Waals surface area contributed by atoms with E-state index in [-0.39, 0.29) is 54.2 Å². The molecule has 3 aromatic rings. The second kappa shape index (κ2) is 9.28. The molecule has 0 aliphatic carbocycles. The van der Waals surface area contributed by atoms with E-state index in [1.165, 1.54) is 14.9 Å². The summed E-state index contributed by atoms with van der Waals surface area (Å²) in [6.07, 6.45) is 0.789. The molecule has 1 aliphatic rings. The van der Waals surface area contributed by atoms with Gasteiger partial charge < -0.3 is 4.90 Å². The number of aryl methyl sites for hydroxylation is 1. The zero-order valence-corrected chi connectivity index (χ0v) is 19.6. The number of benzene rings is 2. The molecular weight excluding hydrogens is 471 g/mol. The Bertz CT molecular complexity index is 1360. The Kier molecular flexibility index (Phi) is 6.60. The van der Waals surface area contributed by atoms with Gasteiger partial charge in [0.1, 0.15) is 12.4 Å². The molecule has 2 aromatic carbocycles. The fourth-order valence-corrected chi connectivity index (χ4v) is 5.76. The topological polar surface area (TPSA) is 84.6 Å². The zero-order valence-electron chi connectivity index (χ0n) is 18.1. The van der Waals surface area contributed by atoms with Crippen molar-refractivity contribution in [2.75, 3.05) is 26.2 Å². The number of carbonyl (C=O) groups excluding carboxylic acids is 1. The molecule has 0 saturated carbocycles. The number of amides is 1. The third-order valence-electron chi connectivity index (χ3n) is 5.79. The summed E-state index contributed by atoms with van der Waals surface area (Å²) in [4.78, 5) is 27.4. The van der Waals surface area contributed by atoms with Crippen molar-refractivity contribution in [2.45, 2.75) is 31.3 Å². The molecule has 0 spiro atoms. The zero-order chi connectivity index (χ0) is 23.8. The fraction of sp³-hybridized carbons (Fsp3) is 0.364. The van der Waals surface area contributed by atoms with E-state index < -0.39 is 15.8 Å². The maximum Gasteiger partial charge on any atom is 0.329 e. The van der Waals surface area contributed by atoms with Crippen molar-refractivity contribution >= 4 is 38.6 Å². The average Bonchev–Trinajstić information content (AvgIpc) is 3.07. The van der Waals surface area contributed by atoms with Gasteiger partial charge in [0.2, 0.25) is 15.9 Å². The van der Waals surface area contributed by atoms with Gasteiger partial charge in [-0.2, -0.15) is 4.31 Å². The Morgan fingerprint density at radius 2 is 1.67 bits per heavy atom. The van der Waals surface area contributed by atoms with Crippen LogP contribution >= 0.6 is 11.6 Å². The number of aromatic nitrogens is 2. The van der Waals surface area contributed by atoms with Gasteiger partial charge in [0.05, 0.1) is 21.0 Å². The first-order chi connectivity index (χ1) is 15.7. The summed E-state index contributed by atoms with van der Waals surface area (Å²) in [5, 5.41) is -0.266. The minimum atomic E-state index is -3.86. The highest BCUT2D eigenvalue weighted by Gasteiger charge is 2.31. The molecule has 11 heteroatoms. The fourth-order valence-electron chi connectivity index (χ4n) is 4.06. The van der Waals surface area contributed by atoms with Gasteiger partial charge in [-0.05, 0) is 36.8 Å². The Labute approximate surface area is 195 Å². The van der Waals surface area contributed by atoms with E-state index >= 15 is 0 Å². The van der Waals surface area contributed by atoms with Crippen LogP contribution in [0.3, 0.4) is 0 Å². The van der Waals surface area contributed by atoms with Crippen LogP contribution in [-0.4, -0.2) is 58.8 Å². The van der Waals surface area contributed by atoms with Crippen molar-refractivity contribution in [3.63, 3.8) is 0 Å². The number of sulfonamides is 1. The molecule has 8 nitrogen and oxygen atoms in total. The molecular formula is C22H24ClFN4O4S. The second-order valence-electron chi connectivity index (χ2n) is 7.87. The number of nitrogens with zero attached hydrogens (tertiary/aromatic N) is 4. The van der Waals surface area contributed by atoms with E-state index in [9.17, 15) is 22.4 Å². The lowest BCUT2D eigenvalue weighted by atomic mass is 10.3. The number of halogens is 2. The summed E-state index contributed by atoms with van der Waals surface area (Å²) in [6, 6.07) is 10.6. The number of rotatable bonds is 6. The van der Waals surface area contributed by atoms with Gasteiger partial charge in [0.25, 0.3) is 0 Å². The molecule has 1 saturated heterocycles. The molecule has 1 fully saturated rings. The lowest BCUT2D eigenvalue weighted by molar-refractivity contribution is -0.133. The third-order valence-corrected chi connectivity index (χ3v) is 7.97. The lowest BCUT2D eigenvalue weighted by Gasteiger charge is -2.34. The third kappa shape index (κ3) is 4.42. The predicted molar refractivity (Wildman–Crippen MR) is 123 cm³/mol. The predicted octanol–water partition coefficient (Wildman–Crippen LogP) is 2.54. The minimum Gasteiger partial charge on any atom is -0.338 e. The Balaban J connectivity index is 1.48. The molecule has 0 unspecified atom stereocenters. The first-order valence-electron chi connectivity index (χ1n) is 10.6. The first-order valence-corrected chi connectivity index (χ1v) is 12.5. The highest BCUT2D eigenvalue weighted by molar-refractivity contribution is 7.89. The van der Waals surface area contributed by atoms with E-state index in [4.69, 9.17) is 11.6 Å². The number of piperazine rings is 1. The summed E-state index contributed by atoms with van der Waals surface area (Å²) in [5.41, 5.74) is 1.24. The van der Waals surface area contributed by atoms with Crippen LogP contribution in [-0.2, 0) is 27.9 Å². The maximum atomic E-state index is 13.4. The van der Waals surface area contributed by atoms with Crippen molar-refractivity contribution < 1.29 is 17.6 Å². The highest BCUT2D eigenvalue weighted by Crippen LogP contribution is 2.23. The Morgan fingerprint density at radius 1 is 1.03 bits per heavy atom. The van der Waals surface area contributed by atoms with Gasteiger partial charge >= 0.3 is 5.69 Å². The first kappa shape index (κ1) is 23.5. The van der Waals surface area contributed by atoms with Crippen molar-refractivity contribution in [3.05, 3.63) is 63.8 Å². The van der Waals surface area contributed by atoms with E-state index in [0.29, 0.717) is 12.1 Å². The number of para-hydroxylation sites is 2. The Morgan fingerprint density at radius 3 is 2.27 bits per heavy atom. The monoisotopic (exact) mass is 494 g/mol. The molecule has 176 valence electrons. The van der Waals surface area contributed by atoms with Gasteiger partial charge in [-0.1, -0.05) is 30.7 Å². The second-order valence-corrected chi connectivity index (χ2v) is 10.2. The Hall–Kier alpha value is -2.69. The molecule has 1 aromatic heterocycles. The minimum absolute atomic E-state index is 0.0928. The maximum absolute atomic E-state index is 13.4. The van der Waals surface area contributed by atoms with Crippen LogP contribution in [0.2, 0.25) is 5.02 Å². The van der Waals surface area contributed by atoms with E-state index in [2.05, 4.69) is 0 Å². The molecule has 2 heterocycles. The van der Waals surface area contributed by atoms with E-state index in [1.54, 1.807) is 9.47 Å². The molecule has 0 radical (unpaired) electrons. The molecule has 0 bridgehead atoms. The van der Waals surface area contributed by atoms with Crippen molar-refractivity contribution in [2.24, 2.45) is 0 Å². The largest absolute Gasteiger partial charge is 0.338 e. The standard InChI is InChI=1S/C22H24ClFN4O4S/c1-2-9-27-19-5-3-4-6-20(19)28(22(27)30)15-21(29)25-10-12-26(13-11-25)33(31,32)16-7-8-18(24)17(23)14-16/h3-8,14H,2,9-13,15H2,1H3. The normalized spacial score (nSPS) is 15.3. The quantitative estimate of drug-likeness (QED) is 0.527. The van der Waals surface area contributed by atoms with Gasteiger partial charge in [-0.25, -0.2) is 17.6 Å². The van der Waals surface area contributed by atoms with Crippen LogP contribution < -0.4 is 5.69 Å². The molecule has 4 rings (SSSR count). The number of carbonyl (C=O) groups is 1. The van der Waals surface area contributed by atoms with Crippen molar-refractivity contribution in [1.29, 1.82) is 0 Å². The number of imidazole rings is 1. The molecule has 1 aliphatic heterocycles. The van der Waals surface area contributed by atoms with Crippen LogP contribution in [0.5, 0.6) is 0 Å². The molecule has 33 heavy (non-hydrogen) atoms. The van der Waals surface area contributed by atoms with Gasteiger partial charge in [-0.15, -0.1) is 0 Å². The summed E-state index contributed by atoms with van der Waals surface area (Å²) < 4.78 is 43.5. The van der Waals surface area contributed by atoms with Gasteiger partial charge in [0, 0.05) is 32.7 Å². The van der Waals surface area contributed by atoms with E-state index in [0.717, 1.165) is 24.1 Å². The van der Waals surface area contributed by atoms with E-state index in [1.807, 2.05) is 31.2 Å². The van der Waals surface area contributed by atoms with Crippen LogP contribution in [0.1, 0.15) is 13.3 Å². The number of hydrogen-bond acceptors (Lipinski definition) is 4. The SMILES string of the molecule is CCCn1c(=O)n(CC(=O)N2CCN(S(=O)(=O)c3ccc(F)c(Cl)c3)CC2)c2ccccc21. The average molecular weight is 495 g/mol. The van der Waals surface area contributed by atoms with Crippen LogP contribution in [0, 0.1) is 5.82 Å². The van der Waals surface area contributed by atoms with Gasteiger partial charge in [0.15, 0.2) is 0 Å². The molecule has 0 atom stereocenters. The summed E-state index contributed by atoms with van der Waals surface area (Å²) in [6.45, 7) is 2.99. The van der Waals surface area contributed by atoms with Crippen LogP contribution in [0.25, 0.3) is 11.0 Å². The van der Waals surface area contributed by atoms with Crippen molar-refractivity contribution in [1.82, 2.24) is 18.3 Å². The summed E-state index contributed by atoms with van der Waals surface area (Å²) in [7, 11) is -3.86. The lowest BCUT2D eigenvalue weighted by Crippen LogP contribution is -2.51.